The van der Waals surface area contributed by atoms with Gasteiger partial charge in [0.25, 0.3) is 5.91 Å². The van der Waals surface area contributed by atoms with E-state index >= 15 is 0 Å². The van der Waals surface area contributed by atoms with Gasteiger partial charge in [-0.2, -0.15) is 0 Å². The molecule has 0 unspecified atom stereocenters. The fourth-order valence-electron chi connectivity index (χ4n) is 2.28. The largest absolute Gasteiger partial charge is 0.455 e. The first-order valence-electron chi connectivity index (χ1n) is 7.36. The van der Waals surface area contributed by atoms with E-state index in [1.54, 1.807) is 0 Å². The van der Waals surface area contributed by atoms with E-state index in [0.29, 0.717) is 6.54 Å². The SMILES string of the molecule is CCCNC(=O)COC(=O)CSc1ccc2c(c1)CCC2. The van der Waals surface area contributed by atoms with Gasteiger partial charge in [-0.25, -0.2) is 0 Å². The number of fused-ring (bicyclic) bond motifs is 1. The lowest BCUT2D eigenvalue weighted by Crippen LogP contribution is -2.29. The van der Waals surface area contributed by atoms with Crippen LogP contribution >= 0.6 is 11.8 Å². The van der Waals surface area contributed by atoms with Gasteiger partial charge in [-0.3, -0.25) is 9.59 Å². The van der Waals surface area contributed by atoms with Crippen LogP contribution in [0.25, 0.3) is 0 Å². The summed E-state index contributed by atoms with van der Waals surface area (Å²) in [5.41, 5.74) is 2.82. The average molecular weight is 307 g/mol. The lowest BCUT2D eigenvalue weighted by molar-refractivity contribution is -0.145. The molecule has 0 bridgehead atoms. The van der Waals surface area contributed by atoms with Gasteiger partial charge in [0.2, 0.25) is 0 Å². The van der Waals surface area contributed by atoms with E-state index in [-0.39, 0.29) is 24.2 Å². The second-order valence-corrected chi connectivity index (χ2v) is 6.13. The van der Waals surface area contributed by atoms with E-state index in [1.165, 1.54) is 29.3 Å². The molecule has 1 aromatic rings. The number of carbonyl (C=O) groups excluding carboxylic acids is 2. The molecule has 5 heteroatoms. The number of carbonyl (C=O) groups is 2. The van der Waals surface area contributed by atoms with Crippen molar-refractivity contribution in [1.29, 1.82) is 0 Å². The minimum absolute atomic E-state index is 0.191. The predicted octanol–water partition coefficient (Wildman–Crippen LogP) is 2.34. The van der Waals surface area contributed by atoms with Gasteiger partial charge >= 0.3 is 5.97 Å². The minimum atomic E-state index is -0.354. The zero-order valence-corrected chi connectivity index (χ0v) is 13.1. The monoisotopic (exact) mass is 307 g/mol. The molecule has 0 aliphatic heterocycles. The molecule has 0 radical (unpaired) electrons. The van der Waals surface area contributed by atoms with Crippen LogP contribution in [0.2, 0.25) is 0 Å². The molecule has 4 nitrogen and oxygen atoms in total. The Balaban J connectivity index is 1.70. The van der Waals surface area contributed by atoms with E-state index in [2.05, 4.69) is 23.5 Å². The number of amides is 1. The molecule has 114 valence electrons. The van der Waals surface area contributed by atoms with Crippen molar-refractivity contribution in [3.8, 4) is 0 Å². The van der Waals surface area contributed by atoms with Crippen molar-refractivity contribution in [2.24, 2.45) is 0 Å². The van der Waals surface area contributed by atoms with Crippen molar-refractivity contribution in [3.63, 3.8) is 0 Å². The molecule has 0 saturated heterocycles. The molecule has 1 amide bonds. The molecule has 0 heterocycles. The first kappa shape index (κ1) is 15.9. The number of esters is 1. The molecule has 1 aromatic carbocycles. The zero-order valence-electron chi connectivity index (χ0n) is 12.3. The molecule has 1 N–H and O–H groups in total. The van der Waals surface area contributed by atoms with E-state index in [9.17, 15) is 9.59 Å². The number of thioether (sulfide) groups is 1. The highest BCUT2D eigenvalue weighted by atomic mass is 32.2. The molecule has 21 heavy (non-hydrogen) atoms. The fraction of sp³-hybridized carbons (Fsp3) is 0.500. The van der Waals surface area contributed by atoms with E-state index in [1.807, 2.05) is 6.92 Å². The number of aryl methyl sites for hydroxylation is 2. The van der Waals surface area contributed by atoms with Crippen molar-refractivity contribution < 1.29 is 14.3 Å². The topological polar surface area (TPSA) is 55.4 Å². The summed E-state index contributed by atoms with van der Waals surface area (Å²) in [4.78, 5) is 24.0. The van der Waals surface area contributed by atoms with Crippen molar-refractivity contribution in [3.05, 3.63) is 29.3 Å². The standard InChI is InChI=1S/C16H21NO3S/c1-2-8-17-15(18)10-20-16(19)11-21-14-7-6-12-4-3-5-13(12)9-14/h6-7,9H,2-5,8,10-11H2,1H3,(H,17,18). The van der Waals surface area contributed by atoms with E-state index < -0.39 is 0 Å². The normalized spacial score (nSPS) is 12.8. The number of ether oxygens (including phenoxy) is 1. The highest BCUT2D eigenvalue weighted by molar-refractivity contribution is 8.00. The fourth-order valence-corrected chi connectivity index (χ4v) is 3.04. The second kappa shape index (κ2) is 8.08. The molecular formula is C16H21NO3S. The third-order valence-electron chi connectivity index (χ3n) is 3.36. The van der Waals surface area contributed by atoms with Gasteiger partial charge < -0.3 is 10.1 Å². The predicted molar refractivity (Wildman–Crippen MR) is 83.5 cm³/mol. The smallest absolute Gasteiger partial charge is 0.316 e. The Kier molecular flexibility index (Phi) is 6.11. The molecule has 1 aliphatic rings. The number of hydrogen-bond acceptors (Lipinski definition) is 4. The summed E-state index contributed by atoms with van der Waals surface area (Å²) < 4.78 is 4.94. The van der Waals surface area contributed by atoms with Gasteiger partial charge in [0.15, 0.2) is 6.61 Å². The van der Waals surface area contributed by atoms with Crippen LogP contribution in [0.3, 0.4) is 0 Å². The van der Waals surface area contributed by atoms with Gasteiger partial charge in [0.1, 0.15) is 0 Å². The van der Waals surface area contributed by atoms with Crippen LogP contribution in [0.5, 0.6) is 0 Å². The third kappa shape index (κ3) is 5.08. The molecular weight excluding hydrogens is 286 g/mol. The van der Waals surface area contributed by atoms with Crippen LogP contribution in [0, 0.1) is 0 Å². The average Bonchev–Trinajstić information content (AvgIpc) is 2.96. The van der Waals surface area contributed by atoms with Crippen LogP contribution in [-0.2, 0) is 27.2 Å². The Bertz CT molecular complexity index is 516. The molecule has 2 rings (SSSR count). The summed E-state index contributed by atoms with van der Waals surface area (Å²) >= 11 is 1.46. The van der Waals surface area contributed by atoms with Gasteiger partial charge in [-0.1, -0.05) is 13.0 Å². The quantitative estimate of drug-likeness (QED) is 0.620. The van der Waals surface area contributed by atoms with Crippen LogP contribution in [-0.4, -0.2) is 30.8 Å². The molecule has 0 aromatic heterocycles. The second-order valence-electron chi connectivity index (χ2n) is 5.08. The number of hydrogen-bond donors (Lipinski definition) is 1. The van der Waals surface area contributed by atoms with Gasteiger partial charge in [-0.15, -0.1) is 11.8 Å². The summed E-state index contributed by atoms with van der Waals surface area (Å²) in [6.45, 7) is 2.39. The van der Waals surface area contributed by atoms with Crippen LogP contribution < -0.4 is 5.32 Å². The van der Waals surface area contributed by atoms with Gasteiger partial charge in [0, 0.05) is 11.4 Å². The summed E-state index contributed by atoms with van der Waals surface area (Å²) in [6.07, 6.45) is 4.38. The minimum Gasteiger partial charge on any atom is -0.455 e. The summed E-state index contributed by atoms with van der Waals surface area (Å²) in [7, 11) is 0. The number of nitrogens with one attached hydrogen (secondary N) is 1. The number of benzene rings is 1. The molecule has 0 saturated carbocycles. The van der Waals surface area contributed by atoms with Gasteiger partial charge in [-0.05, 0) is 48.9 Å². The Hall–Kier alpha value is -1.49. The van der Waals surface area contributed by atoms with Crippen LogP contribution in [0.1, 0.15) is 30.9 Å². The summed E-state index contributed by atoms with van der Waals surface area (Å²) in [5.74, 6) is -0.361. The van der Waals surface area contributed by atoms with Gasteiger partial charge in [0.05, 0.1) is 5.75 Å². The first-order chi connectivity index (χ1) is 10.2. The van der Waals surface area contributed by atoms with Crippen LogP contribution in [0.15, 0.2) is 23.1 Å². The lowest BCUT2D eigenvalue weighted by Gasteiger charge is -2.06. The molecule has 0 fully saturated rings. The lowest BCUT2D eigenvalue weighted by atomic mass is 10.1. The van der Waals surface area contributed by atoms with E-state index in [0.717, 1.165) is 24.2 Å². The Morgan fingerprint density at radius 3 is 2.90 bits per heavy atom. The molecule has 1 aliphatic carbocycles. The maximum absolute atomic E-state index is 11.6. The Morgan fingerprint density at radius 2 is 2.10 bits per heavy atom. The highest BCUT2D eigenvalue weighted by Crippen LogP contribution is 2.27. The van der Waals surface area contributed by atoms with E-state index in [4.69, 9.17) is 4.74 Å². The molecule has 0 atom stereocenters. The van der Waals surface area contributed by atoms with Crippen molar-refractivity contribution >= 4 is 23.6 Å². The Labute approximate surface area is 129 Å². The summed E-state index contributed by atoms with van der Waals surface area (Å²) in [6, 6.07) is 6.36. The zero-order chi connectivity index (χ0) is 15.1. The van der Waals surface area contributed by atoms with Crippen LogP contribution in [0.4, 0.5) is 0 Å². The first-order valence-corrected chi connectivity index (χ1v) is 8.34. The maximum Gasteiger partial charge on any atom is 0.316 e. The summed E-state index contributed by atoms with van der Waals surface area (Å²) in [5, 5.41) is 2.67. The number of rotatable bonds is 7. The maximum atomic E-state index is 11.6. The van der Waals surface area contributed by atoms with Crippen molar-refractivity contribution in [2.75, 3.05) is 18.9 Å². The van der Waals surface area contributed by atoms with Crippen molar-refractivity contribution in [1.82, 2.24) is 5.32 Å². The third-order valence-corrected chi connectivity index (χ3v) is 4.33. The Morgan fingerprint density at radius 1 is 1.29 bits per heavy atom. The van der Waals surface area contributed by atoms with Crippen molar-refractivity contribution in [2.45, 2.75) is 37.5 Å². The highest BCUT2D eigenvalue weighted by Gasteiger charge is 2.12. The molecule has 0 spiro atoms.